The van der Waals surface area contributed by atoms with E-state index in [0.29, 0.717) is 0 Å². The highest BCUT2D eigenvalue weighted by Crippen LogP contribution is 2.14. The average molecular weight is 246 g/mol. The molecule has 18 heavy (non-hydrogen) atoms. The van der Waals surface area contributed by atoms with Crippen molar-refractivity contribution in [2.45, 2.75) is 34.2 Å². The maximum atomic E-state index is 3.42. The Kier molecular flexibility index (Phi) is 6.51. The Morgan fingerprint density at radius 3 is 2.22 bits per heavy atom. The van der Waals surface area contributed by atoms with E-state index in [0.717, 1.165) is 26.2 Å². The summed E-state index contributed by atoms with van der Waals surface area (Å²) in [5.41, 5.74) is 4.01. The van der Waals surface area contributed by atoms with Crippen LogP contribution in [-0.2, 0) is 6.54 Å². The molecule has 0 saturated heterocycles. The first-order chi connectivity index (χ1) is 8.67. The minimum Gasteiger partial charge on any atom is -0.372 e. The molecule has 2 nitrogen and oxygen atoms in total. The summed E-state index contributed by atoms with van der Waals surface area (Å²) >= 11 is 0. The molecule has 0 radical (unpaired) electrons. The van der Waals surface area contributed by atoms with Crippen molar-refractivity contribution in [3.63, 3.8) is 0 Å². The van der Waals surface area contributed by atoms with Crippen molar-refractivity contribution < 1.29 is 0 Å². The maximum absolute atomic E-state index is 3.42. The molecule has 2 heteroatoms. The standard InChI is InChI=1S/C16H26N2/c1-5-18(6-2)16-9-7-15(8-10-16)13-17-12-11-14(3)4/h7-11,17H,5-6,12-13H2,1-4H3. The molecule has 0 saturated carbocycles. The quantitative estimate of drug-likeness (QED) is 0.584. The van der Waals surface area contributed by atoms with Crippen molar-refractivity contribution in [1.82, 2.24) is 5.32 Å². The number of nitrogens with one attached hydrogen (secondary N) is 1. The van der Waals surface area contributed by atoms with Crippen LogP contribution in [0.1, 0.15) is 33.3 Å². The van der Waals surface area contributed by atoms with Gasteiger partial charge in [0.1, 0.15) is 0 Å². The van der Waals surface area contributed by atoms with E-state index >= 15 is 0 Å². The molecule has 1 aromatic rings. The van der Waals surface area contributed by atoms with Gasteiger partial charge in [-0.3, -0.25) is 0 Å². The van der Waals surface area contributed by atoms with E-state index in [-0.39, 0.29) is 0 Å². The van der Waals surface area contributed by atoms with Crippen LogP contribution in [-0.4, -0.2) is 19.6 Å². The van der Waals surface area contributed by atoms with Crippen LogP contribution in [0, 0.1) is 0 Å². The van der Waals surface area contributed by atoms with Crippen LogP contribution in [0.5, 0.6) is 0 Å². The zero-order chi connectivity index (χ0) is 13.4. The van der Waals surface area contributed by atoms with Gasteiger partial charge >= 0.3 is 0 Å². The third-order valence-corrected chi connectivity index (χ3v) is 3.05. The lowest BCUT2D eigenvalue weighted by molar-refractivity contribution is 0.756. The Bertz CT molecular complexity index is 357. The van der Waals surface area contributed by atoms with E-state index in [1.54, 1.807) is 0 Å². The summed E-state index contributed by atoms with van der Waals surface area (Å²) in [7, 11) is 0. The Hall–Kier alpha value is -1.28. The highest BCUT2D eigenvalue weighted by molar-refractivity contribution is 5.47. The summed E-state index contributed by atoms with van der Waals surface area (Å²) in [5.74, 6) is 0. The Morgan fingerprint density at radius 1 is 1.11 bits per heavy atom. The number of nitrogens with zero attached hydrogens (tertiary/aromatic N) is 1. The van der Waals surface area contributed by atoms with E-state index in [1.165, 1.54) is 16.8 Å². The summed E-state index contributed by atoms with van der Waals surface area (Å²) in [6.07, 6.45) is 2.21. The fourth-order valence-electron chi connectivity index (χ4n) is 1.91. The summed E-state index contributed by atoms with van der Waals surface area (Å²) < 4.78 is 0. The second-order valence-corrected chi connectivity index (χ2v) is 4.75. The average Bonchev–Trinajstić information content (AvgIpc) is 2.37. The van der Waals surface area contributed by atoms with Gasteiger partial charge in [-0.25, -0.2) is 0 Å². The molecule has 0 amide bonds. The zero-order valence-electron chi connectivity index (χ0n) is 12.2. The molecule has 0 spiro atoms. The smallest absolute Gasteiger partial charge is 0.0366 e. The molecule has 0 atom stereocenters. The van der Waals surface area contributed by atoms with Gasteiger partial charge < -0.3 is 10.2 Å². The Labute approximate surface area is 112 Å². The van der Waals surface area contributed by atoms with E-state index < -0.39 is 0 Å². The largest absolute Gasteiger partial charge is 0.372 e. The van der Waals surface area contributed by atoms with E-state index in [9.17, 15) is 0 Å². The number of rotatable bonds is 7. The van der Waals surface area contributed by atoms with Crippen molar-refractivity contribution in [2.24, 2.45) is 0 Å². The third kappa shape index (κ3) is 4.92. The SMILES string of the molecule is CCN(CC)c1ccc(CNCC=C(C)C)cc1. The maximum Gasteiger partial charge on any atom is 0.0366 e. The summed E-state index contributed by atoms with van der Waals surface area (Å²) in [5, 5.41) is 3.42. The number of anilines is 1. The third-order valence-electron chi connectivity index (χ3n) is 3.05. The normalized spacial score (nSPS) is 10.2. The van der Waals surface area contributed by atoms with Gasteiger partial charge in [-0.2, -0.15) is 0 Å². The lowest BCUT2D eigenvalue weighted by Gasteiger charge is -2.21. The number of hydrogen-bond acceptors (Lipinski definition) is 2. The Morgan fingerprint density at radius 2 is 1.72 bits per heavy atom. The molecule has 0 bridgehead atoms. The first kappa shape index (κ1) is 14.8. The molecule has 1 rings (SSSR count). The second-order valence-electron chi connectivity index (χ2n) is 4.75. The van der Waals surface area contributed by atoms with Gasteiger partial charge in [0.05, 0.1) is 0 Å². The zero-order valence-corrected chi connectivity index (χ0v) is 12.2. The van der Waals surface area contributed by atoms with Crippen LogP contribution < -0.4 is 10.2 Å². The molecular weight excluding hydrogens is 220 g/mol. The lowest BCUT2D eigenvalue weighted by atomic mass is 10.2. The first-order valence-corrected chi connectivity index (χ1v) is 6.85. The van der Waals surface area contributed by atoms with Crippen molar-refractivity contribution in [2.75, 3.05) is 24.5 Å². The van der Waals surface area contributed by atoms with E-state index in [1.807, 2.05) is 0 Å². The molecule has 0 aliphatic heterocycles. The van der Waals surface area contributed by atoms with Crippen LogP contribution in [0.2, 0.25) is 0 Å². The van der Waals surface area contributed by atoms with Gasteiger partial charge in [0.15, 0.2) is 0 Å². The summed E-state index contributed by atoms with van der Waals surface area (Å²) in [6.45, 7) is 12.6. The minimum absolute atomic E-state index is 0.933. The highest BCUT2D eigenvalue weighted by Gasteiger charge is 2.00. The van der Waals surface area contributed by atoms with Crippen molar-refractivity contribution in [3.8, 4) is 0 Å². The molecule has 0 aromatic heterocycles. The lowest BCUT2D eigenvalue weighted by Crippen LogP contribution is -2.21. The van der Waals surface area contributed by atoms with Gasteiger partial charge in [-0.05, 0) is 45.4 Å². The van der Waals surface area contributed by atoms with Crippen LogP contribution in [0.25, 0.3) is 0 Å². The second kappa shape index (κ2) is 7.93. The van der Waals surface area contributed by atoms with Crippen LogP contribution >= 0.6 is 0 Å². The molecule has 0 unspecified atom stereocenters. The molecule has 1 aromatic carbocycles. The molecular formula is C16H26N2. The van der Waals surface area contributed by atoms with Gasteiger partial charge in [0.2, 0.25) is 0 Å². The van der Waals surface area contributed by atoms with Crippen LogP contribution in [0.15, 0.2) is 35.9 Å². The fourth-order valence-corrected chi connectivity index (χ4v) is 1.91. The van der Waals surface area contributed by atoms with Crippen molar-refractivity contribution in [1.29, 1.82) is 0 Å². The summed E-state index contributed by atoms with van der Waals surface area (Å²) in [6, 6.07) is 8.85. The van der Waals surface area contributed by atoms with Crippen molar-refractivity contribution >= 4 is 5.69 Å². The van der Waals surface area contributed by atoms with Gasteiger partial charge in [0.25, 0.3) is 0 Å². The van der Waals surface area contributed by atoms with Crippen LogP contribution in [0.4, 0.5) is 5.69 Å². The van der Waals surface area contributed by atoms with Gasteiger partial charge in [0, 0.05) is 31.9 Å². The number of hydrogen-bond donors (Lipinski definition) is 1. The predicted octanol–water partition coefficient (Wildman–Crippen LogP) is 3.59. The van der Waals surface area contributed by atoms with Gasteiger partial charge in [-0.15, -0.1) is 0 Å². The molecule has 100 valence electrons. The molecule has 1 N–H and O–H groups in total. The fraction of sp³-hybridized carbons (Fsp3) is 0.500. The number of benzene rings is 1. The Balaban J connectivity index is 2.47. The van der Waals surface area contributed by atoms with E-state index in [4.69, 9.17) is 0 Å². The summed E-state index contributed by atoms with van der Waals surface area (Å²) in [4.78, 5) is 2.36. The number of allylic oxidation sites excluding steroid dienone is 1. The molecule has 0 fully saturated rings. The minimum atomic E-state index is 0.933. The highest BCUT2D eigenvalue weighted by atomic mass is 15.1. The monoisotopic (exact) mass is 246 g/mol. The van der Waals surface area contributed by atoms with Crippen LogP contribution in [0.3, 0.4) is 0 Å². The van der Waals surface area contributed by atoms with Crippen molar-refractivity contribution in [3.05, 3.63) is 41.5 Å². The molecule has 0 aliphatic carbocycles. The van der Waals surface area contributed by atoms with Gasteiger partial charge in [-0.1, -0.05) is 23.8 Å². The predicted molar refractivity (Wildman–Crippen MR) is 81.1 cm³/mol. The topological polar surface area (TPSA) is 15.3 Å². The molecule has 0 aliphatic rings. The van der Waals surface area contributed by atoms with E-state index in [2.05, 4.69) is 68.3 Å². The molecule has 0 heterocycles. The first-order valence-electron chi connectivity index (χ1n) is 6.85.